The van der Waals surface area contributed by atoms with Crippen molar-refractivity contribution in [3.8, 4) is 5.75 Å². The number of hydrogen-bond acceptors (Lipinski definition) is 6. The van der Waals surface area contributed by atoms with Crippen molar-refractivity contribution < 1.29 is 19.4 Å². The molecule has 0 radical (unpaired) electrons. The number of hydrogen-bond donors (Lipinski definition) is 2. The van der Waals surface area contributed by atoms with Crippen LogP contribution in [0.5, 0.6) is 5.75 Å². The molecule has 1 heterocycles. The van der Waals surface area contributed by atoms with Crippen LogP contribution in [0.1, 0.15) is 63.6 Å². The number of amides is 1. The zero-order valence-electron chi connectivity index (χ0n) is 23.6. The summed E-state index contributed by atoms with van der Waals surface area (Å²) in [6, 6.07) is 13.6. The number of carboxylic acids is 1. The van der Waals surface area contributed by atoms with Crippen LogP contribution < -0.4 is 15.0 Å². The fraction of sp³-hybridized carbons (Fsp3) is 0.433. The van der Waals surface area contributed by atoms with Crippen LogP contribution in [0.25, 0.3) is 0 Å². The van der Waals surface area contributed by atoms with Crippen LogP contribution in [0, 0.1) is 6.92 Å². The molecule has 8 heteroatoms. The Hall–Kier alpha value is -3.81. The van der Waals surface area contributed by atoms with Crippen molar-refractivity contribution in [2.75, 3.05) is 25.0 Å². The minimum absolute atomic E-state index is 0.219. The molecule has 1 aliphatic heterocycles. The van der Waals surface area contributed by atoms with Gasteiger partial charge in [0.2, 0.25) is 0 Å². The lowest BCUT2D eigenvalue weighted by atomic mass is 10.1. The van der Waals surface area contributed by atoms with Crippen LogP contribution in [0.3, 0.4) is 0 Å². The van der Waals surface area contributed by atoms with Gasteiger partial charge in [-0.3, -0.25) is 9.80 Å². The normalized spacial score (nSPS) is 13.4. The van der Waals surface area contributed by atoms with Gasteiger partial charge in [-0.1, -0.05) is 44.7 Å². The third-order valence-electron chi connectivity index (χ3n) is 6.22. The molecular weight excluding hydrogens is 480 g/mol. The molecule has 0 spiro atoms. The summed E-state index contributed by atoms with van der Waals surface area (Å²) in [5.41, 5.74) is 2.69. The highest BCUT2D eigenvalue weighted by atomic mass is 16.5. The van der Waals surface area contributed by atoms with Gasteiger partial charge in [0, 0.05) is 32.4 Å². The molecule has 2 aromatic carbocycles. The van der Waals surface area contributed by atoms with Crippen molar-refractivity contribution in [1.29, 1.82) is 0 Å². The van der Waals surface area contributed by atoms with Gasteiger partial charge in [0.25, 0.3) is 5.91 Å². The zero-order chi connectivity index (χ0) is 28.3. The maximum atomic E-state index is 12.6. The first-order valence-electron chi connectivity index (χ1n) is 13.2. The molecule has 0 aromatic heterocycles. The third kappa shape index (κ3) is 8.64. The van der Waals surface area contributed by atoms with Crippen molar-refractivity contribution in [2.45, 2.75) is 66.0 Å². The van der Waals surface area contributed by atoms with Gasteiger partial charge in [-0.25, -0.2) is 4.79 Å². The number of carbonyl (C=O) groups excluding carboxylic acids is 1. The summed E-state index contributed by atoms with van der Waals surface area (Å²) in [6.45, 7) is 15.2. The summed E-state index contributed by atoms with van der Waals surface area (Å²) in [6.07, 6.45) is 5.49. The second kappa shape index (κ2) is 14.2. The average Bonchev–Trinajstić information content (AvgIpc) is 2.93. The molecule has 0 saturated carbocycles. The third-order valence-corrected chi connectivity index (χ3v) is 6.22. The van der Waals surface area contributed by atoms with Gasteiger partial charge < -0.3 is 20.1 Å². The van der Waals surface area contributed by atoms with Crippen LogP contribution >= 0.6 is 0 Å². The van der Waals surface area contributed by atoms with E-state index in [0.29, 0.717) is 5.75 Å². The predicted octanol–water partition coefficient (Wildman–Crippen LogP) is 5.35. The molecule has 1 amide bonds. The Balaban J connectivity index is 0.00000247. The molecule has 206 valence electrons. The van der Waals surface area contributed by atoms with E-state index in [0.717, 1.165) is 29.8 Å². The summed E-state index contributed by atoms with van der Waals surface area (Å²) < 4.78 is 5.62. The fourth-order valence-corrected chi connectivity index (χ4v) is 3.83. The fourth-order valence-electron chi connectivity index (χ4n) is 3.83. The summed E-state index contributed by atoms with van der Waals surface area (Å²) >= 11 is 0. The number of benzene rings is 2. The number of ether oxygens (including phenoxy) is 1. The number of likely N-dealkylation sites (N-methyl/N-ethyl adjacent to an activating group) is 1. The summed E-state index contributed by atoms with van der Waals surface area (Å²) in [4.78, 5) is 26.3. The largest absolute Gasteiger partial charge is 0.478 e. The SMILES string of the molecule is C=C(C(=O)NCc1ccc(OC(C)(C)C(=O)O)c(C)c1)N(C)/N=C/c1ccc(N2CCCCC2)cc1.CC. The maximum absolute atomic E-state index is 12.6. The van der Waals surface area contributed by atoms with Crippen molar-refractivity contribution in [3.05, 3.63) is 71.4 Å². The van der Waals surface area contributed by atoms with E-state index in [1.807, 2.05) is 39.0 Å². The lowest BCUT2D eigenvalue weighted by molar-refractivity contribution is -0.152. The van der Waals surface area contributed by atoms with Crippen LogP contribution in [-0.4, -0.2) is 53.9 Å². The Morgan fingerprint density at radius 2 is 1.76 bits per heavy atom. The second-order valence-corrected chi connectivity index (χ2v) is 9.55. The molecule has 8 nitrogen and oxygen atoms in total. The Kier molecular flexibility index (Phi) is 11.4. The number of hydrazone groups is 1. The molecule has 2 N–H and O–H groups in total. The van der Waals surface area contributed by atoms with Crippen molar-refractivity contribution in [3.63, 3.8) is 0 Å². The van der Waals surface area contributed by atoms with E-state index in [9.17, 15) is 14.7 Å². The molecule has 1 fully saturated rings. The number of rotatable bonds is 10. The average molecular weight is 523 g/mol. The van der Waals surface area contributed by atoms with Crippen LogP contribution in [-0.2, 0) is 16.1 Å². The molecule has 1 saturated heterocycles. The standard InChI is InChI=1S/C28H36N4O4.C2H6/c1-20-17-23(11-14-25(20)36-28(3,4)27(34)35)18-29-26(33)21(2)31(5)30-19-22-9-12-24(13-10-22)32-15-7-6-8-16-32;1-2/h9-14,17,19H,2,6-8,15-16,18H2,1,3-5H3,(H,29,33)(H,34,35);1-2H3/b30-19+;. The van der Waals surface area contributed by atoms with Gasteiger partial charge in [-0.2, -0.15) is 5.10 Å². The topological polar surface area (TPSA) is 94.5 Å². The van der Waals surface area contributed by atoms with Crippen molar-refractivity contribution in [2.24, 2.45) is 5.10 Å². The lowest BCUT2D eigenvalue weighted by Crippen LogP contribution is -2.38. The van der Waals surface area contributed by atoms with Gasteiger partial charge in [0.15, 0.2) is 5.60 Å². The number of aryl methyl sites for hydroxylation is 1. The highest BCUT2D eigenvalue weighted by Gasteiger charge is 2.29. The molecule has 0 atom stereocenters. The second-order valence-electron chi connectivity index (χ2n) is 9.55. The van der Waals surface area contributed by atoms with Crippen LogP contribution in [0.4, 0.5) is 5.69 Å². The van der Waals surface area contributed by atoms with E-state index in [-0.39, 0.29) is 18.1 Å². The quantitative estimate of drug-likeness (QED) is 0.248. The smallest absolute Gasteiger partial charge is 0.347 e. The number of nitrogens with one attached hydrogen (secondary N) is 1. The highest BCUT2D eigenvalue weighted by molar-refractivity contribution is 5.92. The molecule has 3 rings (SSSR count). The van der Waals surface area contributed by atoms with Gasteiger partial charge in [-0.15, -0.1) is 0 Å². The van der Waals surface area contributed by atoms with Gasteiger partial charge >= 0.3 is 5.97 Å². The van der Waals surface area contributed by atoms with Crippen LogP contribution in [0.15, 0.2) is 59.8 Å². The maximum Gasteiger partial charge on any atom is 0.347 e. The molecule has 0 bridgehead atoms. The minimum atomic E-state index is -1.33. The lowest BCUT2D eigenvalue weighted by Gasteiger charge is -2.28. The van der Waals surface area contributed by atoms with E-state index >= 15 is 0 Å². The first kappa shape index (κ1) is 30.4. The Morgan fingerprint density at radius 1 is 1.13 bits per heavy atom. The number of carbonyl (C=O) groups is 2. The summed E-state index contributed by atoms with van der Waals surface area (Å²) in [7, 11) is 1.68. The monoisotopic (exact) mass is 522 g/mol. The Morgan fingerprint density at radius 3 is 2.34 bits per heavy atom. The number of piperidine rings is 1. The molecular formula is C30H42N4O4. The molecule has 0 aliphatic carbocycles. The number of nitrogens with zero attached hydrogens (tertiary/aromatic N) is 3. The molecule has 1 aliphatic rings. The van der Waals surface area contributed by atoms with Gasteiger partial charge in [0.1, 0.15) is 11.4 Å². The molecule has 0 unspecified atom stereocenters. The number of aliphatic carboxylic acids is 1. The molecule has 2 aromatic rings. The van der Waals surface area contributed by atoms with E-state index in [1.54, 1.807) is 25.4 Å². The van der Waals surface area contributed by atoms with E-state index in [4.69, 9.17) is 4.74 Å². The number of carboxylic acid groups (broad SMARTS) is 1. The van der Waals surface area contributed by atoms with Crippen LogP contribution in [0.2, 0.25) is 0 Å². The van der Waals surface area contributed by atoms with Crippen molar-refractivity contribution in [1.82, 2.24) is 10.3 Å². The zero-order valence-corrected chi connectivity index (χ0v) is 23.6. The highest BCUT2D eigenvalue weighted by Crippen LogP contribution is 2.24. The summed E-state index contributed by atoms with van der Waals surface area (Å²) in [5, 5.41) is 17.9. The molecule has 38 heavy (non-hydrogen) atoms. The predicted molar refractivity (Wildman–Crippen MR) is 154 cm³/mol. The van der Waals surface area contributed by atoms with E-state index < -0.39 is 11.6 Å². The first-order valence-corrected chi connectivity index (χ1v) is 13.2. The first-order chi connectivity index (χ1) is 18.1. The Bertz CT molecular complexity index is 1120. The van der Waals surface area contributed by atoms with Gasteiger partial charge in [-0.05, 0) is 74.9 Å². The minimum Gasteiger partial charge on any atom is -0.478 e. The van der Waals surface area contributed by atoms with Crippen molar-refractivity contribution >= 4 is 23.8 Å². The van der Waals surface area contributed by atoms with Gasteiger partial charge in [0.05, 0.1) is 6.21 Å². The van der Waals surface area contributed by atoms with E-state index in [2.05, 4.69) is 34.0 Å². The Labute approximate surface area is 227 Å². The summed E-state index contributed by atoms with van der Waals surface area (Å²) in [5.74, 6) is -0.891. The van der Waals surface area contributed by atoms with E-state index in [1.165, 1.54) is 43.8 Å². The number of anilines is 1.